The van der Waals surface area contributed by atoms with Crippen LogP contribution >= 0.6 is 11.3 Å². The van der Waals surface area contributed by atoms with E-state index in [-0.39, 0.29) is 23.8 Å². The van der Waals surface area contributed by atoms with Crippen molar-refractivity contribution in [2.24, 2.45) is 0 Å². The van der Waals surface area contributed by atoms with Crippen LogP contribution in [0.5, 0.6) is 0 Å². The summed E-state index contributed by atoms with van der Waals surface area (Å²) in [5.41, 5.74) is 1.36. The Morgan fingerprint density at radius 3 is 2.73 bits per heavy atom. The molecule has 0 aliphatic heterocycles. The SMILES string of the molecule is Cc1ccsc1C[NH+](C)CC(=O)Nc1ccccc1[N+](=O)[O-]. The molecular weight excluding hydrogens is 302 g/mol. The van der Waals surface area contributed by atoms with Crippen molar-refractivity contribution in [2.45, 2.75) is 13.5 Å². The van der Waals surface area contributed by atoms with Crippen molar-refractivity contribution >= 4 is 28.6 Å². The van der Waals surface area contributed by atoms with Gasteiger partial charge in [-0.15, -0.1) is 11.3 Å². The van der Waals surface area contributed by atoms with E-state index in [4.69, 9.17) is 0 Å². The monoisotopic (exact) mass is 320 g/mol. The number of carbonyl (C=O) groups excluding carboxylic acids is 1. The summed E-state index contributed by atoms with van der Waals surface area (Å²) < 4.78 is 0. The van der Waals surface area contributed by atoms with E-state index in [1.807, 2.05) is 19.4 Å². The number of anilines is 1. The first kappa shape index (κ1) is 16.1. The number of thiophene rings is 1. The molecule has 0 fully saturated rings. The molecule has 2 rings (SSSR count). The number of hydrogen-bond donors (Lipinski definition) is 2. The molecule has 22 heavy (non-hydrogen) atoms. The quantitative estimate of drug-likeness (QED) is 0.627. The van der Waals surface area contributed by atoms with Crippen molar-refractivity contribution in [3.8, 4) is 0 Å². The van der Waals surface area contributed by atoms with Gasteiger partial charge in [0.05, 0.1) is 16.8 Å². The van der Waals surface area contributed by atoms with Crippen LogP contribution in [0.3, 0.4) is 0 Å². The fourth-order valence-corrected chi connectivity index (χ4v) is 3.15. The first-order valence-corrected chi connectivity index (χ1v) is 7.73. The Hall–Kier alpha value is -2.25. The van der Waals surface area contributed by atoms with Crippen LogP contribution in [-0.2, 0) is 11.3 Å². The number of nitrogens with one attached hydrogen (secondary N) is 2. The van der Waals surface area contributed by atoms with Gasteiger partial charge in [0.1, 0.15) is 12.2 Å². The molecule has 0 bridgehead atoms. The van der Waals surface area contributed by atoms with Gasteiger partial charge in [-0.3, -0.25) is 14.9 Å². The number of hydrogen-bond acceptors (Lipinski definition) is 4. The van der Waals surface area contributed by atoms with E-state index >= 15 is 0 Å². The van der Waals surface area contributed by atoms with E-state index in [1.165, 1.54) is 22.6 Å². The Labute approximate surface area is 132 Å². The van der Waals surface area contributed by atoms with Crippen LogP contribution < -0.4 is 10.2 Å². The Kier molecular flexibility index (Phi) is 5.24. The van der Waals surface area contributed by atoms with Gasteiger partial charge in [0.25, 0.3) is 11.6 Å². The highest BCUT2D eigenvalue weighted by Crippen LogP contribution is 2.22. The van der Waals surface area contributed by atoms with Crippen LogP contribution in [0.2, 0.25) is 0 Å². The van der Waals surface area contributed by atoms with Crippen LogP contribution in [0, 0.1) is 17.0 Å². The number of benzene rings is 1. The normalized spacial score (nSPS) is 11.9. The lowest BCUT2D eigenvalue weighted by atomic mass is 10.2. The topological polar surface area (TPSA) is 76.7 Å². The molecule has 0 radical (unpaired) electrons. The number of likely N-dealkylation sites (N-methyl/N-ethyl adjacent to an activating group) is 1. The zero-order valence-electron chi connectivity index (χ0n) is 12.5. The van der Waals surface area contributed by atoms with Gasteiger partial charge in [-0.05, 0) is 30.0 Å². The van der Waals surface area contributed by atoms with Crippen LogP contribution in [0.15, 0.2) is 35.7 Å². The van der Waals surface area contributed by atoms with Gasteiger partial charge >= 0.3 is 0 Å². The smallest absolute Gasteiger partial charge is 0.292 e. The van der Waals surface area contributed by atoms with Gasteiger partial charge in [-0.1, -0.05) is 12.1 Å². The third-order valence-electron chi connectivity index (χ3n) is 3.27. The number of amides is 1. The highest BCUT2D eigenvalue weighted by atomic mass is 32.1. The maximum atomic E-state index is 12.1. The van der Waals surface area contributed by atoms with E-state index in [1.54, 1.807) is 23.5 Å². The van der Waals surface area contributed by atoms with Crippen molar-refractivity contribution in [3.05, 3.63) is 56.3 Å². The fourth-order valence-electron chi connectivity index (χ4n) is 2.13. The molecule has 1 amide bonds. The summed E-state index contributed by atoms with van der Waals surface area (Å²) >= 11 is 1.67. The molecule has 6 nitrogen and oxygen atoms in total. The fraction of sp³-hybridized carbons (Fsp3) is 0.267. The van der Waals surface area contributed by atoms with Crippen molar-refractivity contribution < 1.29 is 14.6 Å². The lowest BCUT2D eigenvalue weighted by Crippen LogP contribution is -3.08. The molecule has 0 saturated carbocycles. The average molecular weight is 320 g/mol. The standard InChI is InChI=1S/C15H17N3O3S/c1-11-7-8-22-14(11)9-17(2)10-15(19)16-12-5-3-4-6-13(12)18(20)21/h3-8H,9-10H2,1-2H3,(H,16,19)/p+1. The minimum absolute atomic E-state index is 0.0948. The number of rotatable bonds is 6. The molecule has 1 aromatic carbocycles. The maximum absolute atomic E-state index is 12.1. The number of carbonyl (C=O) groups is 1. The highest BCUT2D eigenvalue weighted by molar-refractivity contribution is 7.10. The number of nitro groups is 1. The van der Waals surface area contributed by atoms with Crippen LogP contribution in [0.1, 0.15) is 10.4 Å². The minimum Gasteiger partial charge on any atom is -0.325 e. The lowest BCUT2D eigenvalue weighted by Gasteiger charge is -2.13. The second kappa shape index (κ2) is 7.15. The molecule has 0 spiro atoms. The molecule has 0 aliphatic carbocycles. The van der Waals surface area contributed by atoms with E-state index < -0.39 is 4.92 Å². The predicted octanol–water partition coefficient (Wildman–Crippen LogP) is 1.62. The zero-order valence-corrected chi connectivity index (χ0v) is 13.3. The summed E-state index contributed by atoms with van der Waals surface area (Å²) in [6, 6.07) is 8.20. The average Bonchev–Trinajstić information content (AvgIpc) is 2.84. The molecule has 2 aromatic rings. The molecule has 0 aliphatic rings. The summed E-state index contributed by atoms with van der Waals surface area (Å²) in [6.07, 6.45) is 0. The Morgan fingerprint density at radius 1 is 1.36 bits per heavy atom. The number of nitro benzene ring substituents is 1. The van der Waals surface area contributed by atoms with Gasteiger partial charge < -0.3 is 10.2 Å². The Bertz CT molecular complexity index is 684. The Morgan fingerprint density at radius 2 is 2.09 bits per heavy atom. The van der Waals surface area contributed by atoms with Crippen molar-refractivity contribution in [1.82, 2.24) is 0 Å². The third-order valence-corrected chi connectivity index (χ3v) is 4.29. The van der Waals surface area contributed by atoms with Crippen molar-refractivity contribution in [3.63, 3.8) is 0 Å². The number of aryl methyl sites for hydroxylation is 1. The molecular formula is C15H18N3O3S+. The number of quaternary nitrogens is 1. The van der Waals surface area contributed by atoms with E-state index in [9.17, 15) is 14.9 Å². The largest absolute Gasteiger partial charge is 0.325 e. The Balaban J connectivity index is 1.96. The summed E-state index contributed by atoms with van der Waals surface area (Å²) in [6.45, 7) is 3.06. The molecule has 0 saturated heterocycles. The summed E-state index contributed by atoms with van der Waals surface area (Å²) in [5, 5.41) is 15.6. The molecule has 1 unspecified atom stereocenters. The molecule has 1 atom stereocenters. The summed E-state index contributed by atoms with van der Waals surface area (Å²) in [4.78, 5) is 24.8. The summed E-state index contributed by atoms with van der Waals surface area (Å²) in [7, 11) is 1.93. The predicted molar refractivity (Wildman–Crippen MR) is 86.2 cm³/mol. The molecule has 2 N–H and O–H groups in total. The van der Waals surface area contributed by atoms with Crippen LogP contribution in [-0.4, -0.2) is 24.4 Å². The van der Waals surface area contributed by atoms with E-state index in [0.717, 1.165) is 11.4 Å². The molecule has 1 heterocycles. The maximum Gasteiger partial charge on any atom is 0.292 e. The van der Waals surface area contributed by atoms with Gasteiger partial charge in [-0.25, -0.2) is 0 Å². The number of nitrogens with zero attached hydrogens (tertiary/aromatic N) is 1. The van der Waals surface area contributed by atoms with Crippen LogP contribution in [0.25, 0.3) is 0 Å². The van der Waals surface area contributed by atoms with Crippen LogP contribution in [0.4, 0.5) is 11.4 Å². The summed E-state index contributed by atoms with van der Waals surface area (Å²) in [5.74, 6) is -0.235. The van der Waals surface area contributed by atoms with Gasteiger partial charge in [-0.2, -0.15) is 0 Å². The van der Waals surface area contributed by atoms with E-state index in [0.29, 0.717) is 0 Å². The number of para-hydroxylation sites is 2. The van der Waals surface area contributed by atoms with E-state index in [2.05, 4.69) is 11.4 Å². The molecule has 116 valence electrons. The first-order valence-electron chi connectivity index (χ1n) is 6.85. The first-order chi connectivity index (χ1) is 10.5. The second-order valence-corrected chi connectivity index (χ2v) is 6.16. The van der Waals surface area contributed by atoms with Gasteiger partial charge in [0.2, 0.25) is 0 Å². The van der Waals surface area contributed by atoms with Gasteiger partial charge in [0, 0.05) is 6.07 Å². The van der Waals surface area contributed by atoms with Gasteiger partial charge in [0.15, 0.2) is 6.54 Å². The molecule has 7 heteroatoms. The zero-order chi connectivity index (χ0) is 16.1. The van der Waals surface area contributed by atoms with Crippen molar-refractivity contribution in [1.29, 1.82) is 0 Å². The third kappa shape index (κ3) is 4.12. The molecule has 1 aromatic heterocycles. The highest BCUT2D eigenvalue weighted by Gasteiger charge is 2.17. The second-order valence-electron chi connectivity index (χ2n) is 5.16. The van der Waals surface area contributed by atoms with Crippen molar-refractivity contribution in [2.75, 3.05) is 18.9 Å². The minimum atomic E-state index is -0.499. The lowest BCUT2D eigenvalue weighted by molar-refractivity contribution is -0.884.